The number of nitrogens with zero attached hydrogens (tertiary/aromatic N) is 5. The predicted octanol–water partition coefficient (Wildman–Crippen LogP) is 1.31. The normalized spacial score (nSPS) is 18.0. The van der Waals surface area contributed by atoms with E-state index in [9.17, 15) is 9.59 Å². The molecule has 0 N–H and O–H groups in total. The van der Waals surface area contributed by atoms with Crippen LogP contribution in [0.5, 0.6) is 0 Å². The Labute approximate surface area is 139 Å². The monoisotopic (exact) mass is 331 g/mol. The average Bonchev–Trinajstić information content (AvgIpc) is 2.97. The number of amides is 1. The van der Waals surface area contributed by atoms with E-state index in [-0.39, 0.29) is 18.5 Å². The molecule has 2 aromatic heterocycles. The zero-order chi connectivity index (χ0) is 17.3. The molecule has 8 nitrogen and oxygen atoms in total. The molecule has 1 aliphatic heterocycles. The van der Waals surface area contributed by atoms with Crippen LogP contribution >= 0.6 is 0 Å². The van der Waals surface area contributed by atoms with Gasteiger partial charge in [-0.15, -0.1) is 0 Å². The van der Waals surface area contributed by atoms with E-state index in [1.54, 1.807) is 31.7 Å². The highest BCUT2D eigenvalue weighted by Crippen LogP contribution is 2.30. The summed E-state index contributed by atoms with van der Waals surface area (Å²) in [5.41, 5.74) is 0.976. The fourth-order valence-electron chi connectivity index (χ4n) is 3.13. The number of hydrogen-bond acceptors (Lipinski definition) is 6. The molecule has 0 aliphatic carbocycles. The van der Waals surface area contributed by atoms with Crippen LogP contribution in [0.3, 0.4) is 0 Å². The topological polar surface area (TPSA) is 94.1 Å². The molecular formula is C16H21N5O3. The summed E-state index contributed by atoms with van der Waals surface area (Å²) in [6, 6.07) is 1.57. The molecule has 1 saturated heterocycles. The van der Waals surface area contributed by atoms with Crippen molar-refractivity contribution >= 4 is 5.91 Å². The second-order valence-corrected chi connectivity index (χ2v) is 6.19. The van der Waals surface area contributed by atoms with Crippen molar-refractivity contribution in [1.29, 1.82) is 0 Å². The highest BCUT2D eigenvalue weighted by molar-refractivity contribution is 5.76. The molecule has 1 atom stereocenters. The van der Waals surface area contributed by atoms with Gasteiger partial charge in [0.25, 0.3) is 0 Å². The summed E-state index contributed by atoms with van der Waals surface area (Å²) in [6.07, 6.45) is 2.71. The Bertz CT molecular complexity index is 810. The van der Waals surface area contributed by atoms with Gasteiger partial charge in [-0.25, -0.2) is 4.79 Å². The van der Waals surface area contributed by atoms with Gasteiger partial charge in [-0.1, -0.05) is 5.16 Å². The van der Waals surface area contributed by atoms with Crippen LogP contribution < -0.4 is 5.69 Å². The Hall–Kier alpha value is -2.51. The molecule has 0 bridgehead atoms. The maximum Gasteiger partial charge on any atom is 0.348 e. The number of carbonyl (C=O) groups excluding carboxylic acids is 1. The minimum Gasteiger partial charge on any atom is -0.337 e. The van der Waals surface area contributed by atoms with Gasteiger partial charge in [0.05, 0.1) is 0 Å². The molecule has 128 valence electrons. The van der Waals surface area contributed by atoms with Crippen molar-refractivity contribution in [3.63, 3.8) is 0 Å². The number of piperidine rings is 1. The molecule has 1 fully saturated rings. The van der Waals surface area contributed by atoms with Gasteiger partial charge in [0, 0.05) is 17.9 Å². The molecule has 1 aliphatic rings. The standard InChI is InChI=1S/C16H21N5O3/c1-10-8-11(2)21(16(23)17-10)9-14(22)20-7-5-4-6-13(20)15-18-12(3)19-24-15/h8,13H,4-7,9H2,1-3H3/t13-/m0/s1. The number of carbonyl (C=O) groups is 1. The van der Waals surface area contributed by atoms with Gasteiger partial charge in [0.15, 0.2) is 5.82 Å². The molecule has 0 spiro atoms. The summed E-state index contributed by atoms with van der Waals surface area (Å²) < 4.78 is 6.66. The van der Waals surface area contributed by atoms with E-state index in [4.69, 9.17) is 4.52 Å². The molecule has 8 heteroatoms. The van der Waals surface area contributed by atoms with Gasteiger partial charge >= 0.3 is 5.69 Å². The third-order valence-electron chi connectivity index (χ3n) is 4.29. The van der Waals surface area contributed by atoms with Crippen LogP contribution in [-0.4, -0.2) is 37.0 Å². The van der Waals surface area contributed by atoms with E-state index in [0.717, 1.165) is 25.0 Å². The number of aromatic nitrogens is 4. The van der Waals surface area contributed by atoms with Crippen molar-refractivity contribution in [1.82, 2.24) is 24.6 Å². The lowest BCUT2D eigenvalue weighted by Crippen LogP contribution is -2.42. The first-order valence-electron chi connectivity index (χ1n) is 8.10. The number of rotatable bonds is 3. The Morgan fingerprint density at radius 2 is 2.08 bits per heavy atom. The van der Waals surface area contributed by atoms with Crippen LogP contribution in [-0.2, 0) is 11.3 Å². The van der Waals surface area contributed by atoms with Crippen LogP contribution in [0.2, 0.25) is 0 Å². The molecule has 3 heterocycles. The summed E-state index contributed by atoms with van der Waals surface area (Å²) in [5, 5.41) is 3.82. The fourth-order valence-corrected chi connectivity index (χ4v) is 3.13. The Morgan fingerprint density at radius 3 is 2.75 bits per heavy atom. The first-order valence-corrected chi connectivity index (χ1v) is 8.10. The van der Waals surface area contributed by atoms with Crippen molar-refractivity contribution in [3.05, 3.63) is 39.7 Å². The van der Waals surface area contributed by atoms with Crippen LogP contribution in [0.15, 0.2) is 15.4 Å². The summed E-state index contributed by atoms with van der Waals surface area (Å²) in [6.45, 7) is 5.92. The molecule has 0 radical (unpaired) electrons. The van der Waals surface area contributed by atoms with Crippen molar-refractivity contribution in [2.24, 2.45) is 0 Å². The van der Waals surface area contributed by atoms with Crippen LogP contribution in [0.4, 0.5) is 0 Å². The first kappa shape index (κ1) is 16.4. The van der Waals surface area contributed by atoms with Gasteiger partial charge in [0.2, 0.25) is 11.8 Å². The summed E-state index contributed by atoms with van der Waals surface area (Å²) in [7, 11) is 0. The minimum absolute atomic E-state index is 0.0262. The summed E-state index contributed by atoms with van der Waals surface area (Å²) >= 11 is 0. The average molecular weight is 331 g/mol. The quantitative estimate of drug-likeness (QED) is 0.841. The van der Waals surface area contributed by atoms with E-state index in [0.29, 0.717) is 24.0 Å². The SMILES string of the molecule is Cc1cc(C)n(CC(=O)N2CCCC[C@H]2c2nc(C)no2)c(=O)n1. The van der Waals surface area contributed by atoms with Gasteiger partial charge in [-0.2, -0.15) is 9.97 Å². The maximum absolute atomic E-state index is 12.8. The Kier molecular flexibility index (Phi) is 4.46. The molecule has 3 rings (SSSR count). The second kappa shape index (κ2) is 6.54. The fraction of sp³-hybridized carbons (Fsp3) is 0.562. The van der Waals surface area contributed by atoms with Crippen molar-refractivity contribution in [3.8, 4) is 0 Å². The maximum atomic E-state index is 12.8. The van der Waals surface area contributed by atoms with Crippen LogP contribution in [0.25, 0.3) is 0 Å². The lowest BCUT2D eigenvalue weighted by Gasteiger charge is -2.33. The van der Waals surface area contributed by atoms with E-state index in [1.165, 1.54) is 4.57 Å². The third kappa shape index (κ3) is 3.22. The minimum atomic E-state index is -0.400. The van der Waals surface area contributed by atoms with Crippen molar-refractivity contribution in [2.75, 3.05) is 6.54 Å². The molecule has 0 unspecified atom stereocenters. The zero-order valence-corrected chi connectivity index (χ0v) is 14.2. The van der Waals surface area contributed by atoms with Gasteiger partial charge in [-0.05, 0) is 46.1 Å². The lowest BCUT2D eigenvalue weighted by atomic mass is 10.0. The molecular weight excluding hydrogens is 310 g/mol. The Morgan fingerprint density at radius 1 is 1.29 bits per heavy atom. The van der Waals surface area contributed by atoms with E-state index >= 15 is 0 Å². The van der Waals surface area contributed by atoms with E-state index in [2.05, 4.69) is 15.1 Å². The molecule has 1 amide bonds. The third-order valence-corrected chi connectivity index (χ3v) is 4.29. The smallest absolute Gasteiger partial charge is 0.337 e. The molecule has 0 saturated carbocycles. The number of hydrogen-bond donors (Lipinski definition) is 0. The van der Waals surface area contributed by atoms with Gasteiger partial charge in [-0.3, -0.25) is 9.36 Å². The van der Waals surface area contributed by atoms with Crippen LogP contribution in [0.1, 0.15) is 48.4 Å². The largest absolute Gasteiger partial charge is 0.348 e. The highest BCUT2D eigenvalue weighted by atomic mass is 16.5. The Balaban J connectivity index is 1.84. The summed E-state index contributed by atoms with van der Waals surface area (Å²) in [5.74, 6) is 0.885. The zero-order valence-electron chi connectivity index (χ0n) is 14.2. The molecule has 24 heavy (non-hydrogen) atoms. The predicted molar refractivity (Wildman–Crippen MR) is 85.3 cm³/mol. The van der Waals surface area contributed by atoms with Crippen LogP contribution in [0, 0.1) is 20.8 Å². The van der Waals surface area contributed by atoms with Gasteiger partial charge in [0.1, 0.15) is 12.6 Å². The van der Waals surface area contributed by atoms with Crippen molar-refractivity contribution in [2.45, 2.75) is 52.6 Å². The first-order chi connectivity index (χ1) is 11.5. The highest BCUT2D eigenvalue weighted by Gasteiger charge is 2.32. The van der Waals surface area contributed by atoms with Gasteiger partial charge < -0.3 is 9.42 Å². The molecule has 0 aromatic carbocycles. The number of likely N-dealkylation sites (tertiary alicyclic amines) is 1. The van der Waals surface area contributed by atoms with E-state index < -0.39 is 5.69 Å². The second-order valence-electron chi connectivity index (χ2n) is 6.19. The van der Waals surface area contributed by atoms with Crippen molar-refractivity contribution < 1.29 is 9.32 Å². The molecule has 2 aromatic rings. The number of aryl methyl sites for hydroxylation is 3. The lowest BCUT2D eigenvalue weighted by molar-refractivity contribution is -0.136. The van der Waals surface area contributed by atoms with E-state index in [1.807, 2.05) is 0 Å². The summed E-state index contributed by atoms with van der Waals surface area (Å²) in [4.78, 5) is 34.8.